The van der Waals surface area contributed by atoms with Crippen molar-refractivity contribution in [2.24, 2.45) is 0 Å². The van der Waals surface area contributed by atoms with Crippen LogP contribution in [0.15, 0.2) is 12.2 Å². The Morgan fingerprint density at radius 2 is 1.37 bits per heavy atom. The molecule has 0 aliphatic rings. The Kier molecular flexibility index (Phi) is 23.5. The fourth-order valence-corrected chi connectivity index (χ4v) is 3.43. The molecule has 0 saturated carbocycles. The zero-order valence-electron chi connectivity index (χ0n) is 19.2. The molecule has 0 aromatic carbocycles. The van der Waals surface area contributed by atoms with Crippen LogP contribution >= 0.6 is 0 Å². The Hall–Kier alpha value is 0.610. The van der Waals surface area contributed by atoms with Gasteiger partial charge in [0.15, 0.2) is 0 Å². The minimum absolute atomic E-state index is 0. The molecule has 158 valence electrons. The minimum atomic E-state index is -3.84. The van der Waals surface area contributed by atoms with Crippen LogP contribution in [0, 0.1) is 0 Å². The van der Waals surface area contributed by atoms with E-state index >= 15 is 0 Å². The second-order valence-corrected chi connectivity index (χ2v) is 9.09. The number of nitrogens with one attached hydrogen (secondary N) is 1. The Labute approximate surface area is 192 Å². The van der Waals surface area contributed by atoms with E-state index < -0.39 is 10.1 Å². The Morgan fingerprint density at radius 3 is 1.89 bits per heavy atom. The third-order valence-electron chi connectivity index (χ3n) is 4.75. The van der Waals surface area contributed by atoms with Crippen molar-refractivity contribution >= 4 is 10.1 Å². The SMILES string of the molecule is CCCCCCCC/C=C\CCCCCCCC(C)NCCS(=O)(=O)O.[H-].[Na+]. The molecular weight excluding hydrogens is 369 g/mol. The van der Waals surface area contributed by atoms with E-state index in [2.05, 4.69) is 31.3 Å². The van der Waals surface area contributed by atoms with Crippen LogP contribution in [-0.4, -0.2) is 31.3 Å². The summed E-state index contributed by atoms with van der Waals surface area (Å²) >= 11 is 0. The van der Waals surface area contributed by atoms with Gasteiger partial charge in [0, 0.05) is 12.6 Å². The van der Waals surface area contributed by atoms with Gasteiger partial charge in [0.05, 0.1) is 5.75 Å². The summed E-state index contributed by atoms with van der Waals surface area (Å²) < 4.78 is 29.9. The second kappa shape index (κ2) is 21.3. The van der Waals surface area contributed by atoms with Crippen molar-refractivity contribution < 1.29 is 44.0 Å². The molecule has 0 rings (SSSR count). The molecule has 0 amide bonds. The zero-order chi connectivity index (χ0) is 19.5. The fourth-order valence-electron chi connectivity index (χ4n) is 3.06. The Bertz CT molecular complexity index is 433. The van der Waals surface area contributed by atoms with Gasteiger partial charge in [0.1, 0.15) is 0 Å². The van der Waals surface area contributed by atoms with Crippen LogP contribution in [0.3, 0.4) is 0 Å². The third-order valence-corrected chi connectivity index (χ3v) is 5.47. The molecule has 2 N–H and O–H groups in total. The molecule has 0 spiro atoms. The molecule has 1 unspecified atom stereocenters. The summed E-state index contributed by atoms with van der Waals surface area (Å²) in [5, 5.41) is 3.14. The molecule has 0 aliphatic carbocycles. The average molecular weight is 414 g/mol. The largest absolute Gasteiger partial charge is 1.00 e. The molecule has 1 atom stereocenters. The summed E-state index contributed by atoms with van der Waals surface area (Å²) in [6, 6.07) is 0.307. The van der Waals surface area contributed by atoms with E-state index in [9.17, 15) is 8.42 Å². The smallest absolute Gasteiger partial charge is 1.00 e. The maximum absolute atomic E-state index is 10.6. The summed E-state index contributed by atoms with van der Waals surface area (Å²) in [5.41, 5.74) is 0. The number of hydrogen-bond donors (Lipinski definition) is 2. The van der Waals surface area contributed by atoms with Gasteiger partial charge in [-0.1, -0.05) is 76.9 Å². The topological polar surface area (TPSA) is 66.4 Å². The van der Waals surface area contributed by atoms with Gasteiger partial charge < -0.3 is 6.74 Å². The van der Waals surface area contributed by atoms with E-state index in [1.807, 2.05) is 0 Å². The molecule has 0 radical (unpaired) electrons. The summed E-state index contributed by atoms with van der Waals surface area (Å²) in [5.74, 6) is -0.205. The molecule has 0 bridgehead atoms. The van der Waals surface area contributed by atoms with Crippen LogP contribution in [0.1, 0.15) is 105 Å². The summed E-state index contributed by atoms with van der Waals surface area (Å²) in [7, 11) is -3.84. The van der Waals surface area contributed by atoms with Crippen LogP contribution in [0.25, 0.3) is 0 Å². The van der Waals surface area contributed by atoms with E-state index in [0.717, 1.165) is 6.42 Å². The molecule has 0 fully saturated rings. The molecule has 0 saturated heterocycles. The second-order valence-electron chi connectivity index (χ2n) is 7.51. The number of rotatable bonds is 19. The molecule has 0 aliphatic heterocycles. The quantitative estimate of drug-likeness (QED) is 0.148. The van der Waals surface area contributed by atoms with Crippen molar-refractivity contribution in [3.05, 3.63) is 12.2 Å². The third kappa shape index (κ3) is 26.6. The van der Waals surface area contributed by atoms with E-state index in [-0.39, 0.29) is 36.7 Å². The van der Waals surface area contributed by atoms with Crippen molar-refractivity contribution in [3.8, 4) is 0 Å². The predicted octanol–water partition coefficient (Wildman–Crippen LogP) is 3.01. The van der Waals surface area contributed by atoms with Crippen molar-refractivity contribution in [3.63, 3.8) is 0 Å². The summed E-state index contributed by atoms with van der Waals surface area (Å²) in [6.45, 7) is 4.65. The van der Waals surface area contributed by atoms with E-state index in [4.69, 9.17) is 4.55 Å². The minimum Gasteiger partial charge on any atom is -1.00 e. The normalized spacial score (nSPS) is 13.0. The monoisotopic (exact) mass is 413 g/mol. The molecule has 0 aromatic heterocycles. The predicted molar refractivity (Wildman–Crippen MR) is 114 cm³/mol. The molecule has 4 nitrogen and oxygen atoms in total. The average Bonchev–Trinajstić information content (AvgIpc) is 2.57. The van der Waals surface area contributed by atoms with E-state index in [0.29, 0.717) is 12.6 Å². The number of allylic oxidation sites excluding steroid dienone is 2. The van der Waals surface area contributed by atoms with Crippen LogP contribution < -0.4 is 34.9 Å². The first-order valence-electron chi connectivity index (χ1n) is 10.8. The van der Waals surface area contributed by atoms with Gasteiger partial charge in [-0.2, -0.15) is 8.42 Å². The maximum atomic E-state index is 10.6. The van der Waals surface area contributed by atoms with Crippen LogP contribution in [0.2, 0.25) is 0 Å². The molecule has 0 heterocycles. The van der Waals surface area contributed by atoms with Crippen molar-refractivity contribution in [1.29, 1.82) is 0 Å². The summed E-state index contributed by atoms with van der Waals surface area (Å²) in [6.07, 6.45) is 22.8. The van der Waals surface area contributed by atoms with E-state index in [1.54, 1.807) is 0 Å². The van der Waals surface area contributed by atoms with Gasteiger partial charge in [0.25, 0.3) is 10.1 Å². The molecule has 6 heteroatoms. The van der Waals surface area contributed by atoms with Gasteiger partial charge in [-0.3, -0.25) is 4.55 Å². The Morgan fingerprint density at radius 1 is 0.889 bits per heavy atom. The molecule has 0 aromatic rings. The summed E-state index contributed by atoms with van der Waals surface area (Å²) in [4.78, 5) is 0. The van der Waals surface area contributed by atoms with Crippen LogP contribution in [0.5, 0.6) is 0 Å². The van der Waals surface area contributed by atoms with Gasteiger partial charge in [0.2, 0.25) is 0 Å². The van der Waals surface area contributed by atoms with Gasteiger partial charge >= 0.3 is 29.6 Å². The molecular formula is C21H44NNaO3S. The van der Waals surface area contributed by atoms with Gasteiger partial charge in [-0.15, -0.1) is 0 Å². The number of hydrogen-bond acceptors (Lipinski definition) is 3. The van der Waals surface area contributed by atoms with E-state index in [1.165, 1.54) is 83.5 Å². The van der Waals surface area contributed by atoms with Gasteiger partial charge in [-0.25, -0.2) is 0 Å². The van der Waals surface area contributed by atoms with Crippen molar-refractivity contribution in [1.82, 2.24) is 5.32 Å². The van der Waals surface area contributed by atoms with Crippen LogP contribution in [-0.2, 0) is 10.1 Å². The first-order chi connectivity index (χ1) is 12.5. The van der Waals surface area contributed by atoms with Crippen LogP contribution in [0.4, 0.5) is 0 Å². The number of unbranched alkanes of at least 4 members (excludes halogenated alkanes) is 11. The maximum Gasteiger partial charge on any atom is 1.00 e. The Balaban J connectivity index is -0.00000312. The van der Waals surface area contributed by atoms with Crippen molar-refractivity contribution in [2.75, 3.05) is 12.3 Å². The van der Waals surface area contributed by atoms with Crippen molar-refractivity contribution in [2.45, 2.75) is 110 Å². The first kappa shape index (κ1) is 29.8. The zero-order valence-corrected chi connectivity index (χ0v) is 21.0. The van der Waals surface area contributed by atoms with Gasteiger partial charge in [-0.05, 0) is 39.0 Å². The fraction of sp³-hybridized carbons (Fsp3) is 0.905. The molecule has 27 heavy (non-hydrogen) atoms. The first-order valence-corrected chi connectivity index (χ1v) is 12.4. The standard InChI is InChI=1S/C21H43NO3S.Na.H/c1-3-4-5-6-7-8-9-10-11-12-13-14-15-16-17-18-21(2)22-19-20-26(23,24)25;;/h10-11,21-22H,3-9,12-20H2,1-2H3,(H,23,24,25);;/q;+1;-1/b11-10-;;.